The molecule has 2 aromatic carbocycles. The van der Waals surface area contributed by atoms with Crippen molar-refractivity contribution in [2.45, 2.75) is 44.6 Å². The van der Waals surface area contributed by atoms with E-state index < -0.39 is 0 Å². The number of ether oxygens (including phenoxy) is 2. The third kappa shape index (κ3) is 2.66. The highest BCUT2D eigenvalue weighted by molar-refractivity contribution is 9.10. The van der Waals surface area contributed by atoms with E-state index in [0.29, 0.717) is 18.1 Å². The maximum Gasteiger partial charge on any atom is 0.231 e. The number of hydrogen-bond acceptors (Lipinski definition) is 4. The van der Waals surface area contributed by atoms with E-state index in [-0.39, 0.29) is 24.7 Å². The van der Waals surface area contributed by atoms with Gasteiger partial charge in [-0.3, -0.25) is 4.79 Å². The topological polar surface area (TPSA) is 47.6 Å². The van der Waals surface area contributed by atoms with Crippen molar-refractivity contribution in [3.63, 3.8) is 0 Å². The van der Waals surface area contributed by atoms with Crippen LogP contribution in [0.1, 0.15) is 61.3 Å². The second kappa shape index (κ2) is 6.26. The summed E-state index contributed by atoms with van der Waals surface area (Å²) < 4.78 is 12.1. The Morgan fingerprint density at radius 2 is 1.89 bits per heavy atom. The minimum Gasteiger partial charge on any atom is -0.454 e. The van der Waals surface area contributed by atoms with Crippen LogP contribution in [0.2, 0.25) is 0 Å². The summed E-state index contributed by atoms with van der Waals surface area (Å²) in [6.07, 6.45) is 1.56. The first-order valence-electron chi connectivity index (χ1n) is 9.55. The van der Waals surface area contributed by atoms with Gasteiger partial charge in [-0.25, -0.2) is 0 Å². The van der Waals surface area contributed by atoms with E-state index in [1.54, 1.807) is 0 Å². The molecule has 2 aliphatic heterocycles. The Balaban J connectivity index is 1.61. The lowest BCUT2D eigenvalue weighted by atomic mass is 9.76. The molecule has 3 aliphatic rings. The molecule has 140 valence electrons. The quantitative estimate of drug-likeness (QED) is 0.683. The van der Waals surface area contributed by atoms with Gasteiger partial charge in [0.15, 0.2) is 11.5 Å². The monoisotopic (exact) mass is 427 g/mol. The molecule has 1 N–H and O–H groups in total. The molecule has 2 aromatic rings. The highest BCUT2D eigenvalue weighted by Gasteiger charge is 2.46. The van der Waals surface area contributed by atoms with Gasteiger partial charge in [0.25, 0.3) is 0 Å². The van der Waals surface area contributed by atoms with E-state index >= 15 is 0 Å². The van der Waals surface area contributed by atoms with E-state index in [4.69, 9.17) is 9.47 Å². The van der Waals surface area contributed by atoms with Crippen LogP contribution in [-0.2, 0) is 4.79 Å². The Labute approximate surface area is 167 Å². The number of rotatable bonds is 2. The van der Waals surface area contributed by atoms with Gasteiger partial charge in [0.05, 0.1) is 6.04 Å². The molecule has 0 unspecified atom stereocenters. The van der Waals surface area contributed by atoms with Gasteiger partial charge in [-0.2, -0.15) is 0 Å². The van der Waals surface area contributed by atoms with E-state index in [1.165, 1.54) is 11.1 Å². The van der Waals surface area contributed by atoms with Crippen LogP contribution in [0.25, 0.3) is 0 Å². The number of halogens is 1. The highest BCUT2D eigenvalue weighted by Crippen LogP contribution is 2.53. The third-order valence-corrected chi connectivity index (χ3v) is 6.83. The molecule has 0 spiro atoms. The molecule has 0 bridgehead atoms. The van der Waals surface area contributed by atoms with Crippen molar-refractivity contribution >= 4 is 27.4 Å². The van der Waals surface area contributed by atoms with Crippen molar-refractivity contribution in [2.75, 3.05) is 12.1 Å². The van der Waals surface area contributed by atoms with Gasteiger partial charge in [-0.1, -0.05) is 41.9 Å². The van der Waals surface area contributed by atoms with Crippen LogP contribution in [-0.4, -0.2) is 12.6 Å². The molecular weight excluding hydrogens is 406 g/mol. The molecule has 5 heteroatoms. The predicted octanol–water partition coefficient (Wildman–Crippen LogP) is 5.53. The number of hydrogen-bond donors (Lipinski definition) is 1. The first kappa shape index (κ1) is 17.1. The fraction of sp³-hybridized carbons (Fsp3) is 0.409. The van der Waals surface area contributed by atoms with Crippen LogP contribution < -0.4 is 14.8 Å². The molecule has 0 saturated heterocycles. The summed E-state index contributed by atoms with van der Waals surface area (Å²) in [5.74, 6) is 2.59. The minimum absolute atomic E-state index is 0.0257. The molecule has 1 fully saturated rings. The standard InChI is InChI=1S/C22H22BrNO3/c1-11(2)12-3-5-17-15(7-12)21-13(4-6-18(21)25)22(24-17)14-8-19-20(9-16(14)23)27-10-26-19/h3,5,7-9,11,13,21-22,24H,4,6,10H2,1-2H3/t13-,21+,22+/m0/s1. The van der Waals surface area contributed by atoms with Gasteiger partial charge in [0.1, 0.15) is 5.78 Å². The molecule has 1 saturated carbocycles. The zero-order valence-electron chi connectivity index (χ0n) is 15.4. The van der Waals surface area contributed by atoms with Crippen molar-refractivity contribution in [3.8, 4) is 11.5 Å². The number of carbonyl (C=O) groups is 1. The Kier molecular flexibility index (Phi) is 3.97. The molecule has 0 amide bonds. The minimum atomic E-state index is -0.0257. The molecule has 27 heavy (non-hydrogen) atoms. The van der Waals surface area contributed by atoms with E-state index in [0.717, 1.165) is 33.6 Å². The predicted molar refractivity (Wildman–Crippen MR) is 108 cm³/mol. The maximum atomic E-state index is 12.8. The fourth-order valence-corrected chi connectivity index (χ4v) is 5.29. The maximum absolute atomic E-state index is 12.8. The normalized spacial score (nSPS) is 25.3. The Morgan fingerprint density at radius 3 is 2.67 bits per heavy atom. The number of carbonyl (C=O) groups excluding carboxylic acids is 1. The summed E-state index contributed by atoms with van der Waals surface area (Å²) in [4.78, 5) is 12.8. The summed E-state index contributed by atoms with van der Waals surface area (Å²) >= 11 is 3.71. The van der Waals surface area contributed by atoms with Crippen LogP contribution in [0, 0.1) is 5.92 Å². The smallest absolute Gasteiger partial charge is 0.231 e. The number of fused-ring (bicyclic) bond motifs is 4. The van der Waals surface area contributed by atoms with Crippen LogP contribution in [0.5, 0.6) is 11.5 Å². The summed E-state index contributed by atoms with van der Waals surface area (Å²) in [6.45, 7) is 4.64. The average Bonchev–Trinajstić information content (AvgIpc) is 3.26. The van der Waals surface area contributed by atoms with Gasteiger partial charge in [-0.15, -0.1) is 0 Å². The number of benzene rings is 2. The van der Waals surface area contributed by atoms with Crippen molar-refractivity contribution in [1.29, 1.82) is 0 Å². The average molecular weight is 428 g/mol. The van der Waals surface area contributed by atoms with Crippen molar-refractivity contribution in [1.82, 2.24) is 0 Å². The summed E-state index contributed by atoms with van der Waals surface area (Å²) in [6, 6.07) is 10.6. The number of nitrogens with one attached hydrogen (secondary N) is 1. The molecule has 3 atom stereocenters. The van der Waals surface area contributed by atoms with Crippen LogP contribution >= 0.6 is 15.9 Å². The van der Waals surface area contributed by atoms with Crippen LogP contribution in [0.15, 0.2) is 34.8 Å². The molecule has 0 aromatic heterocycles. The molecule has 1 aliphatic carbocycles. The fourth-order valence-electron chi connectivity index (χ4n) is 4.72. The first-order chi connectivity index (χ1) is 13.0. The van der Waals surface area contributed by atoms with Gasteiger partial charge < -0.3 is 14.8 Å². The van der Waals surface area contributed by atoms with E-state index in [9.17, 15) is 4.79 Å². The van der Waals surface area contributed by atoms with Crippen LogP contribution in [0.4, 0.5) is 5.69 Å². The lowest BCUT2D eigenvalue weighted by Crippen LogP contribution is -2.31. The van der Waals surface area contributed by atoms with Gasteiger partial charge in [0.2, 0.25) is 6.79 Å². The third-order valence-electron chi connectivity index (χ3n) is 6.14. The number of ketones is 1. The Bertz CT molecular complexity index is 939. The second-order valence-electron chi connectivity index (χ2n) is 8.00. The van der Waals surface area contributed by atoms with Crippen molar-refractivity contribution in [2.24, 2.45) is 5.92 Å². The lowest BCUT2D eigenvalue weighted by molar-refractivity contribution is -0.119. The van der Waals surface area contributed by atoms with Gasteiger partial charge in [0, 0.05) is 22.5 Å². The van der Waals surface area contributed by atoms with E-state index in [2.05, 4.69) is 59.4 Å². The Morgan fingerprint density at radius 1 is 1.11 bits per heavy atom. The zero-order valence-corrected chi connectivity index (χ0v) is 17.0. The van der Waals surface area contributed by atoms with Crippen LogP contribution in [0.3, 0.4) is 0 Å². The molecular formula is C22H22BrNO3. The molecule has 0 radical (unpaired) electrons. The summed E-state index contributed by atoms with van der Waals surface area (Å²) in [5, 5.41) is 3.72. The molecule has 5 rings (SSSR count). The number of anilines is 1. The molecule has 2 heterocycles. The highest BCUT2D eigenvalue weighted by atomic mass is 79.9. The SMILES string of the molecule is CC(C)c1ccc2c(c1)[C@@H]1C(=O)CC[C@@H]1[C@H](c1cc3c(cc1Br)OCO3)N2. The summed E-state index contributed by atoms with van der Waals surface area (Å²) in [5.41, 5.74) is 4.66. The largest absolute Gasteiger partial charge is 0.454 e. The first-order valence-corrected chi connectivity index (χ1v) is 10.3. The van der Waals surface area contributed by atoms with Crippen molar-refractivity contribution in [3.05, 3.63) is 51.5 Å². The van der Waals surface area contributed by atoms with Gasteiger partial charge >= 0.3 is 0 Å². The summed E-state index contributed by atoms with van der Waals surface area (Å²) in [7, 11) is 0. The van der Waals surface area contributed by atoms with Gasteiger partial charge in [-0.05, 0) is 53.1 Å². The molecule has 4 nitrogen and oxygen atoms in total. The van der Waals surface area contributed by atoms with E-state index in [1.807, 2.05) is 6.07 Å². The number of Topliss-reactive ketones (excluding diaryl/α,β-unsaturated/α-hetero) is 1. The zero-order chi connectivity index (χ0) is 18.7. The Hall–Kier alpha value is -2.01. The second-order valence-corrected chi connectivity index (χ2v) is 8.85. The lowest BCUT2D eigenvalue weighted by Gasteiger charge is -2.37. The van der Waals surface area contributed by atoms with Crippen molar-refractivity contribution < 1.29 is 14.3 Å².